The van der Waals surface area contributed by atoms with Crippen LogP contribution in [0.1, 0.15) is 24.5 Å². The lowest BCUT2D eigenvalue weighted by atomic mass is 10.1. The van der Waals surface area contributed by atoms with Crippen LogP contribution in [0.3, 0.4) is 0 Å². The maximum absolute atomic E-state index is 6.16. The van der Waals surface area contributed by atoms with Gasteiger partial charge in [0.05, 0.1) is 19.3 Å². The highest BCUT2D eigenvalue weighted by molar-refractivity contribution is 9.09. The van der Waals surface area contributed by atoms with E-state index in [1.807, 2.05) is 18.2 Å². The second kappa shape index (κ2) is 7.12. The summed E-state index contributed by atoms with van der Waals surface area (Å²) < 4.78 is 16.9. The summed E-state index contributed by atoms with van der Waals surface area (Å²) >= 11 is 3.53. The first kappa shape index (κ1) is 13.8. The van der Waals surface area contributed by atoms with Crippen molar-refractivity contribution in [1.29, 1.82) is 0 Å². The zero-order chi connectivity index (χ0) is 12.8. The molecule has 1 heterocycles. The van der Waals surface area contributed by atoms with E-state index in [0.717, 1.165) is 42.7 Å². The van der Waals surface area contributed by atoms with Crippen LogP contribution in [0.4, 0.5) is 0 Å². The molecule has 1 fully saturated rings. The smallest absolute Gasteiger partial charge is 0.124 e. The van der Waals surface area contributed by atoms with E-state index in [2.05, 4.69) is 22.0 Å². The standard InChI is InChI=1S/C14H19BrO3/c1-16-13-5-3-2-4-12(13)14(10-15)18-11-6-8-17-9-7-11/h2-5,11,14H,6-10H2,1H3. The van der Waals surface area contributed by atoms with Gasteiger partial charge in [-0.25, -0.2) is 0 Å². The fourth-order valence-corrected chi connectivity index (χ4v) is 2.67. The average Bonchev–Trinajstić information content (AvgIpc) is 2.46. The van der Waals surface area contributed by atoms with Crippen LogP contribution < -0.4 is 4.74 Å². The SMILES string of the molecule is COc1ccccc1C(CBr)OC1CCOCC1. The first-order chi connectivity index (χ1) is 8.85. The van der Waals surface area contributed by atoms with Gasteiger partial charge in [0.2, 0.25) is 0 Å². The van der Waals surface area contributed by atoms with Crippen LogP contribution in [0, 0.1) is 0 Å². The molecule has 0 radical (unpaired) electrons. The van der Waals surface area contributed by atoms with Crippen LogP contribution in [0.5, 0.6) is 5.75 Å². The molecule has 2 rings (SSSR count). The summed E-state index contributed by atoms with van der Waals surface area (Å²) in [6, 6.07) is 8.02. The number of rotatable bonds is 5. The largest absolute Gasteiger partial charge is 0.496 e. The van der Waals surface area contributed by atoms with Gasteiger partial charge in [-0.05, 0) is 18.9 Å². The molecule has 0 amide bonds. The topological polar surface area (TPSA) is 27.7 Å². The van der Waals surface area contributed by atoms with Gasteiger partial charge in [0.25, 0.3) is 0 Å². The maximum Gasteiger partial charge on any atom is 0.124 e. The maximum atomic E-state index is 6.16. The van der Waals surface area contributed by atoms with Crippen molar-refractivity contribution in [1.82, 2.24) is 0 Å². The molecule has 1 aliphatic heterocycles. The third kappa shape index (κ3) is 3.46. The molecule has 3 nitrogen and oxygen atoms in total. The number of hydrogen-bond donors (Lipinski definition) is 0. The Morgan fingerprint density at radius 3 is 2.72 bits per heavy atom. The number of halogens is 1. The van der Waals surface area contributed by atoms with Crippen LogP contribution >= 0.6 is 15.9 Å². The Kier molecular flexibility index (Phi) is 5.47. The van der Waals surface area contributed by atoms with Crippen LogP contribution in [0.15, 0.2) is 24.3 Å². The van der Waals surface area contributed by atoms with E-state index in [1.165, 1.54) is 0 Å². The minimum Gasteiger partial charge on any atom is -0.496 e. The summed E-state index contributed by atoms with van der Waals surface area (Å²) in [5.41, 5.74) is 1.10. The number of alkyl halides is 1. The zero-order valence-electron chi connectivity index (χ0n) is 10.6. The van der Waals surface area contributed by atoms with Gasteiger partial charge in [-0.1, -0.05) is 34.1 Å². The van der Waals surface area contributed by atoms with Crippen LogP contribution in [-0.4, -0.2) is 31.8 Å². The molecule has 1 saturated heterocycles. The molecule has 4 heteroatoms. The molecule has 1 atom stereocenters. The van der Waals surface area contributed by atoms with E-state index in [0.29, 0.717) is 0 Å². The molecular weight excluding hydrogens is 296 g/mol. The second-order valence-corrected chi connectivity index (χ2v) is 4.98. The van der Waals surface area contributed by atoms with Gasteiger partial charge in [0.1, 0.15) is 5.75 Å². The summed E-state index contributed by atoms with van der Waals surface area (Å²) in [4.78, 5) is 0. The Hall–Kier alpha value is -0.580. The van der Waals surface area contributed by atoms with Gasteiger partial charge in [-0.3, -0.25) is 0 Å². The first-order valence-corrected chi connectivity index (χ1v) is 7.39. The minimum absolute atomic E-state index is 0.0317. The molecule has 0 saturated carbocycles. The summed E-state index contributed by atoms with van der Waals surface area (Å²) in [6.07, 6.45) is 2.26. The predicted molar refractivity (Wildman–Crippen MR) is 74.5 cm³/mol. The van der Waals surface area contributed by atoms with E-state index in [-0.39, 0.29) is 12.2 Å². The molecule has 0 aliphatic carbocycles. The van der Waals surface area contributed by atoms with Crippen LogP contribution in [0.2, 0.25) is 0 Å². The van der Waals surface area contributed by atoms with Crippen LogP contribution in [-0.2, 0) is 9.47 Å². The van der Waals surface area contributed by atoms with Gasteiger partial charge in [0.15, 0.2) is 0 Å². The molecular formula is C14H19BrO3. The van der Waals surface area contributed by atoms with Crippen molar-refractivity contribution in [3.05, 3.63) is 29.8 Å². The second-order valence-electron chi connectivity index (χ2n) is 4.33. The molecule has 1 unspecified atom stereocenters. The molecule has 100 valence electrons. The van der Waals surface area contributed by atoms with E-state index < -0.39 is 0 Å². The molecule has 1 aliphatic rings. The highest BCUT2D eigenvalue weighted by atomic mass is 79.9. The molecule has 0 spiro atoms. The van der Waals surface area contributed by atoms with Crippen molar-refractivity contribution >= 4 is 15.9 Å². The summed E-state index contributed by atoms with van der Waals surface area (Å²) in [6.45, 7) is 1.59. The molecule has 18 heavy (non-hydrogen) atoms. The van der Waals surface area contributed by atoms with Gasteiger partial charge in [-0.2, -0.15) is 0 Å². The molecule has 0 N–H and O–H groups in total. The van der Waals surface area contributed by atoms with Crippen molar-refractivity contribution < 1.29 is 14.2 Å². The predicted octanol–water partition coefficient (Wildman–Crippen LogP) is 3.33. The highest BCUT2D eigenvalue weighted by Gasteiger charge is 2.22. The number of ether oxygens (including phenoxy) is 3. The average molecular weight is 315 g/mol. The molecule has 0 aromatic heterocycles. The summed E-state index contributed by atoms with van der Waals surface area (Å²) in [5, 5.41) is 0.769. The number of benzene rings is 1. The van der Waals surface area contributed by atoms with Gasteiger partial charge in [0, 0.05) is 24.1 Å². The number of para-hydroxylation sites is 1. The molecule has 1 aromatic carbocycles. The number of methoxy groups -OCH3 is 1. The lowest BCUT2D eigenvalue weighted by molar-refractivity contribution is -0.0621. The van der Waals surface area contributed by atoms with Crippen molar-refractivity contribution in [3.8, 4) is 5.75 Å². The number of hydrogen-bond acceptors (Lipinski definition) is 3. The molecule has 1 aromatic rings. The molecule has 0 bridgehead atoms. The van der Waals surface area contributed by atoms with Crippen molar-refractivity contribution in [2.75, 3.05) is 25.7 Å². The lowest BCUT2D eigenvalue weighted by Gasteiger charge is -2.27. The minimum atomic E-state index is 0.0317. The van der Waals surface area contributed by atoms with E-state index >= 15 is 0 Å². The first-order valence-electron chi connectivity index (χ1n) is 6.27. The fourth-order valence-electron chi connectivity index (χ4n) is 2.17. The summed E-state index contributed by atoms with van der Waals surface area (Å²) in [7, 11) is 1.69. The van der Waals surface area contributed by atoms with Crippen molar-refractivity contribution in [2.45, 2.75) is 25.0 Å². The zero-order valence-corrected chi connectivity index (χ0v) is 12.2. The van der Waals surface area contributed by atoms with Gasteiger partial charge < -0.3 is 14.2 Å². The van der Waals surface area contributed by atoms with E-state index in [1.54, 1.807) is 7.11 Å². The van der Waals surface area contributed by atoms with Crippen LogP contribution in [0.25, 0.3) is 0 Å². The summed E-state index contributed by atoms with van der Waals surface area (Å²) in [5.74, 6) is 0.883. The Bertz CT molecular complexity index is 364. The Balaban J connectivity index is 2.07. The fraction of sp³-hybridized carbons (Fsp3) is 0.571. The Morgan fingerprint density at radius 2 is 2.06 bits per heavy atom. The van der Waals surface area contributed by atoms with E-state index in [4.69, 9.17) is 14.2 Å². The Morgan fingerprint density at radius 1 is 1.33 bits per heavy atom. The van der Waals surface area contributed by atoms with Gasteiger partial charge >= 0.3 is 0 Å². The normalized spacial score (nSPS) is 18.6. The van der Waals surface area contributed by atoms with Crippen molar-refractivity contribution in [3.63, 3.8) is 0 Å². The monoisotopic (exact) mass is 314 g/mol. The van der Waals surface area contributed by atoms with Crippen molar-refractivity contribution in [2.24, 2.45) is 0 Å². The Labute approximate surface area is 117 Å². The van der Waals surface area contributed by atoms with E-state index in [9.17, 15) is 0 Å². The van der Waals surface area contributed by atoms with Gasteiger partial charge in [-0.15, -0.1) is 0 Å². The highest BCUT2D eigenvalue weighted by Crippen LogP contribution is 2.31. The quantitative estimate of drug-likeness (QED) is 0.780. The third-order valence-corrected chi connectivity index (χ3v) is 3.74. The third-order valence-electron chi connectivity index (χ3n) is 3.15. The lowest BCUT2D eigenvalue weighted by Crippen LogP contribution is -2.26.